The Labute approximate surface area is 122 Å². The lowest BCUT2D eigenvalue weighted by atomic mass is 9.95. The second kappa shape index (κ2) is 5.92. The van der Waals surface area contributed by atoms with Gasteiger partial charge in [0, 0.05) is 35.9 Å². The first-order valence-corrected chi connectivity index (χ1v) is 7.19. The summed E-state index contributed by atoms with van der Waals surface area (Å²) in [5.41, 5.74) is 7.03. The molecule has 2 atom stereocenters. The van der Waals surface area contributed by atoms with E-state index in [9.17, 15) is 4.79 Å². The minimum atomic E-state index is 0.0367. The molecule has 1 aromatic rings. The first kappa shape index (κ1) is 14.3. The number of nitrogens with two attached hydrogens (primary N) is 1. The fraction of sp³-hybridized carbons (Fsp3) is 0.500. The van der Waals surface area contributed by atoms with Gasteiger partial charge in [-0.1, -0.05) is 6.92 Å². The van der Waals surface area contributed by atoms with Crippen molar-refractivity contribution in [3.8, 4) is 0 Å². The minimum Gasteiger partial charge on any atom is -0.398 e. The van der Waals surface area contributed by atoms with Crippen LogP contribution in [0, 0.1) is 5.92 Å². The number of methoxy groups -OCH3 is 1. The van der Waals surface area contributed by atoms with Crippen LogP contribution in [-0.2, 0) is 4.74 Å². The largest absolute Gasteiger partial charge is 0.398 e. The maximum atomic E-state index is 12.4. The zero-order valence-corrected chi connectivity index (χ0v) is 12.8. The molecule has 0 radical (unpaired) electrons. The van der Waals surface area contributed by atoms with Crippen molar-refractivity contribution in [1.82, 2.24) is 4.90 Å². The molecule has 0 bridgehead atoms. The summed E-state index contributed by atoms with van der Waals surface area (Å²) in [4.78, 5) is 14.3. The van der Waals surface area contributed by atoms with E-state index >= 15 is 0 Å². The Morgan fingerprint density at radius 1 is 1.53 bits per heavy atom. The zero-order valence-electron chi connectivity index (χ0n) is 11.2. The summed E-state index contributed by atoms with van der Waals surface area (Å²) >= 11 is 3.35. The van der Waals surface area contributed by atoms with Gasteiger partial charge in [-0.15, -0.1) is 0 Å². The number of ether oxygens (including phenoxy) is 1. The number of benzene rings is 1. The van der Waals surface area contributed by atoms with Crippen molar-refractivity contribution in [1.29, 1.82) is 0 Å². The molecule has 1 fully saturated rings. The standard InChI is InChI=1S/C14H19BrN2O2/c1-9-5-6-17(8-13(9)19-2)14(18)10-3-4-12(16)11(15)7-10/h3-4,7,9,13H,5-6,8,16H2,1-2H3. The molecule has 5 heteroatoms. The number of hydrogen-bond donors (Lipinski definition) is 1. The van der Waals surface area contributed by atoms with Crippen LogP contribution in [0.3, 0.4) is 0 Å². The number of piperidine rings is 1. The van der Waals surface area contributed by atoms with Crippen LogP contribution in [0.4, 0.5) is 5.69 Å². The summed E-state index contributed by atoms with van der Waals surface area (Å²) in [6.45, 7) is 3.59. The van der Waals surface area contributed by atoms with Crippen molar-refractivity contribution in [3.05, 3.63) is 28.2 Å². The molecule has 0 saturated carbocycles. The van der Waals surface area contributed by atoms with Gasteiger partial charge in [0.05, 0.1) is 6.10 Å². The van der Waals surface area contributed by atoms with Crippen LogP contribution >= 0.6 is 15.9 Å². The molecule has 19 heavy (non-hydrogen) atoms. The van der Waals surface area contributed by atoms with Crippen LogP contribution in [0.5, 0.6) is 0 Å². The van der Waals surface area contributed by atoms with E-state index in [4.69, 9.17) is 10.5 Å². The summed E-state index contributed by atoms with van der Waals surface area (Å²) in [6, 6.07) is 5.29. The van der Waals surface area contributed by atoms with E-state index < -0.39 is 0 Å². The second-order valence-electron chi connectivity index (χ2n) is 5.03. The molecule has 1 aliphatic rings. The van der Waals surface area contributed by atoms with Gasteiger partial charge in [-0.3, -0.25) is 4.79 Å². The number of hydrogen-bond acceptors (Lipinski definition) is 3. The van der Waals surface area contributed by atoms with Gasteiger partial charge in [0.25, 0.3) is 5.91 Å². The van der Waals surface area contributed by atoms with E-state index in [-0.39, 0.29) is 12.0 Å². The lowest BCUT2D eigenvalue weighted by molar-refractivity contribution is -0.00156. The normalized spacial score (nSPS) is 23.4. The topological polar surface area (TPSA) is 55.6 Å². The monoisotopic (exact) mass is 326 g/mol. The molecule has 2 unspecified atom stereocenters. The second-order valence-corrected chi connectivity index (χ2v) is 5.88. The van der Waals surface area contributed by atoms with Gasteiger partial charge in [0.1, 0.15) is 0 Å². The van der Waals surface area contributed by atoms with Gasteiger partial charge < -0.3 is 15.4 Å². The van der Waals surface area contributed by atoms with E-state index in [1.807, 2.05) is 4.90 Å². The predicted octanol–water partition coefficient (Wildman–Crippen LogP) is 2.53. The van der Waals surface area contributed by atoms with E-state index in [0.717, 1.165) is 17.4 Å². The molecular formula is C14H19BrN2O2. The summed E-state index contributed by atoms with van der Waals surface area (Å²) in [5, 5.41) is 0. The van der Waals surface area contributed by atoms with Gasteiger partial charge in [-0.05, 0) is 46.5 Å². The number of likely N-dealkylation sites (tertiary alicyclic amines) is 1. The number of nitrogens with zero attached hydrogens (tertiary/aromatic N) is 1. The van der Waals surface area contributed by atoms with Crippen LogP contribution in [-0.4, -0.2) is 37.1 Å². The molecule has 2 N–H and O–H groups in total. The number of halogens is 1. The molecule has 2 rings (SSSR count). The number of rotatable bonds is 2. The van der Waals surface area contributed by atoms with Crippen LogP contribution in [0.1, 0.15) is 23.7 Å². The first-order chi connectivity index (χ1) is 9.02. The maximum Gasteiger partial charge on any atom is 0.253 e. The van der Waals surface area contributed by atoms with Gasteiger partial charge in [0.2, 0.25) is 0 Å². The highest BCUT2D eigenvalue weighted by atomic mass is 79.9. The van der Waals surface area contributed by atoms with Crippen molar-refractivity contribution in [2.24, 2.45) is 5.92 Å². The average molecular weight is 327 g/mol. The third-order valence-corrected chi connectivity index (χ3v) is 4.41. The minimum absolute atomic E-state index is 0.0367. The maximum absolute atomic E-state index is 12.4. The van der Waals surface area contributed by atoms with E-state index in [2.05, 4.69) is 22.9 Å². The molecule has 1 heterocycles. The van der Waals surface area contributed by atoms with Crippen LogP contribution in [0.15, 0.2) is 22.7 Å². The van der Waals surface area contributed by atoms with Gasteiger partial charge in [0.15, 0.2) is 0 Å². The van der Waals surface area contributed by atoms with Crippen molar-refractivity contribution >= 4 is 27.5 Å². The highest BCUT2D eigenvalue weighted by Crippen LogP contribution is 2.24. The third-order valence-electron chi connectivity index (χ3n) is 3.73. The molecule has 1 amide bonds. The Bertz CT molecular complexity index is 479. The lowest BCUT2D eigenvalue weighted by Crippen LogP contribution is -2.46. The molecule has 4 nitrogen and oxygen atoms in total. The van der Waals surface area contributed by atoms with Crippen molar-refractivity contribution in [2.75, 3.05) is 25.9 Å². The van der Waals surface area contributed by atoms with Crippen molar-refractivity contribution in [2.45, 2.75) is 19.4 Å². The summed E-state index contributed by atoms with van der Waals surface area (Å²) in [7, 11) is 1.70. The summed E-state index contributed by atoms with van der Waals surface area (Å²) < 4.78 is 6.20. The highest BCUT2D eigenvalue weighted by molar-refractivity contribution is 9.10. The Hall–Kier alpha value is -1.07. The third kappa shape index (κ3) is 3.09. The Morgan fingerprint density at radius 3 is 2.89 bits per heavy atom. The Kier molecular flexibility index (Phi) is 4.47. The predicted molar refractivity (Wildman–Crippen MR) is 79.0 cm³/mol. The summed E-state index contributed by atoms with van der Waals surface area (Å²) in [5.74, 6) is 0.529. The van der Waals surface area contributed by atoms with Gasteiger partial charge in [-0.25, -0.2) is 0 Å². The SMILES string of the molecule is COC1CN(C(=O)c2ccc(N)c(Br)c2)CCC1C. The molecule has 1 aromatic carbocycles. The Balaban J connectivity index is 2.13. The smallest absolute Gasteiger partial charge is 0.253 e. The van der Waals surface area contributed by atoms with E-state index in [0.29, 0.717) is 23.7 Å². The molecule has 104 valence electrons. The molecule has 0 aliphatic carbocycles. The van der Waals surface area contributed by atoms with Gasteiger partial charge >= 0.3 is 0 Å². The highest BCUT2D eigenvalue weighted by Gasteiger charge is 2.29. The molecule has 0 aromatic heterocycles. The van der Waals surface area contributed by atoms with Crippen LogP contribution in [0.2, 0.25) is 0 Å². The quantitative estimate of drug-likeness (QED) is 0.849. The number of nitrogen functional groups attached to an aromatic ring is 1. The van der Waals surface area contributed by atoms with Crippen molar-refractivity contribution < 1.29 is 9.53 Å². The fourth-order valence-electron chi connectivity index (χ4n) is 2.37. The van der Waals surface area contributed by atoms with Crippen molar-refractivity contribution in [3.63, 3.8) is 0 Å². The lowest BCUT2D eigenvalue weighted by Gasteiger charge is -2.36. The van der Waals surface area contributed by atoms with Gasteiger partial charge in [-0.2, -0.15) is 0 Å². The summed E-state index contributed by atoms with van der Waals surface area (Å²) in [6.07, 6.45) is 1.09. The number of amides is 1. The number of carbonyl (C=O) groups is 1. The molecule has 1 aliphatic heterocycles. The zero-order chi connectivity index (χ0) is 14.0. The van der Waals surface area contributed by atoms with Crippen LogP contribution < -0.4 is 5.73 Å². The average Bonchev–Trinajstić information content (AvgIpc) is 2.41. The molecule has 1 saturated heterocycles. The Morgan fingerprint density at radius 2 is 2.26 bits per heavy atom. The molecular weight excluding hydrogens is 308 g/mol. The van der Waals surface area contributed by atoms with E-state index in [1.54, 1.807) is 25.3 Å². The van der Waals surface area contributed by atoms with Crippen LogP contribution in [0.25, 0.3) is 0 Å². The number of anilines is 1. The first-order valence-electron chi connectivity index (χ1n) is 6.40. The molecule has 0 spiro atoms. The number of carbonyl (C=O) groups excluding carboxylic acids is 1. The fourth-order valence-corrected chi connectivity index (χ4v) is 2.75. The van der Waals surface area contributed by atoms with E-state index in [1.165, 1.54) is 0 Å².